The second-order valence-electron chi connectivity index (χ2n) is 6.83. The topological polar surface area (TPSA) is 199 Å². The summed E-state index contributed by atoms with van der Waals surface area (Å²) in [5.74, 6) is -6.32. The molecule has 0 fully saturated rings. The molecule has 1 heterocycles. The molecule has 1 aromatic heterocycles. The third-order valence-electron chi connectivity index (χ3n) is 4.53. The minimum absolute atomic E-state index is 0.0910. The molecule has 0 aliphatic rings. The molecule has 0 radical (unpaired) electrons. The predicted octanol–water partition coefficient (Wildman–Crippen LogP) is -0.251. The number of nitrogens with zero attached hydrogens (tertiary/aromatic N) is 1. The molecule has 0 aliphatic heterocycles. The van der Waals surface area contributed by atoms with Crippen molar-refractivity contribution in [2.45, 2.75) is 42.8 Å². The Bertz CT molecular complexity index is 1040. The van der Waals surface area contributed by atoms with Crippen LogP contribution in [-0.4, -0.2) is 69.7 Å². The van der Waals surface area contributed by atoms with Crippen LogP contribution in [0, 0.1) is 6.92 Å². The van der Waals surface area contributed by atoms with Gasteiger partial charge in [-0.05, 0) is 26.0 Å². The molecule has 0 amide bonds. The highest BCUT2D eigenvalue weighted by atomic mass is 32.2. The Balaban J connectivity index is 2.30. The maximum absolute atomic E-state index is 12.6. The zero-order valence-electron chi connectivity index (χ0n) is 16.5. The molecule has 168 valence electrons. The summed E-state index contributed by atoms with van der Waals surface area (Å²) in [5, 5.41) is 31.0. The highest BCUT2D eigenvalue weighted by Gasteiger charge is 2.40. The standard InChI is InChI=1S/C18H22N4O8S/c1-9-3-5-11(6-4-9)31(29,30)22-14(17(25)26)10(2)21-15(18(27)28)13(16(23)24)12-7-19-8-20-12/h3-8,10,13-15,21-22H,1-2H3,(H,19,20)(H,23,24)(H,25,26)(H,27,28)/t10-,13?,14+,15-/m1/s1. The number of benzene rings is 1. The van der Waals surface area contributed by atoms with Crippen molar-refractivity contribution in [2.24, 2.45) is 0 Å². The van der Waals surface area contributed by atoms with Crippen LogP contribution in [0.25, 0.3) is 0 Å². The van der Waals surface area contributed by atoms with Crippen molar-refractivity contribution in [3.63, 3.8) is 0 Å². The number of sulfonamides is 1. The fourth-order valence-corrected chi connectivity index (χ4v) is 4.16. The van der Waals surface area contributed by atoms with Gasteiger partial charge in [-0.15, -0.1) is 0 Å². The number of H-pyrrole nitrogens is 1. The number of aliphatic carboxylic acids is 3. The number of carboxylic acids is 3. The molecule has 12 nitrogen and oxygen atoms in total. The van der Waals surface area contributed by atoms with E-state index in [1.807, 2.05) is 4.72 Å². The first-order chi connectivity index (χ1) is 14.4. The van der Waals surface area contributed by atoms with E-state index in [-0.39, 0.29) is 10.6 Å². The normalized spacial score (nSPS) is 15.5. The van der Waals surface area contributed by atoms with Gasteiger partial charge in [0.25, 0.3) is 0 Å². The average molecular weight is 454 g/mol. The highest BCUT2D eigenvalue weighted by Crippen LogP contribution is 2.20. The van der Waals surface area contributed by atoms with Crippen LogP contribution < -0.4 is 10.0 Å². The van der Waals surface area contributed by atoms with Crippen molar-refractivity contribution in [1.82, 2.24) is 20.0 Å². The molecular weight excluding hydrogens is 432 g/mol. The lowest BCUT2D eigenvalue weighted by molar-refractivity contribution is -0.148. The fourth-order valence-electron chi connectivity index (χ4n) is 2.89. The maximum Gasteiger partial charge on any atom is 0.323 e. The lowest BCUT2D eigenvalue weighted by atomic mass is 9.95. The van der Waals surface area contributed by atoms with Gasteiger partial charge in [0.05, 0.1) is 16.9 Å². The number of hydrogen-bond acceptors (Lipinski definition) is 7. The van der Waals surface area contributed by atoms with Crippen LogP contribution in [0.3, 0.4) is 0 Å². The molecule has 0 bridgehead atoms. The second kappa shape index (κ2) is 9.68. The molecule has 0 spiro atoms. The summed E-state index contributed by atoms with van der Waals surface area (Å²) in [5.41, 5.74) is 0.706. The van der Waals surface area contributed by atoms with Crippen molar-refractivity contribution in [3.05, 3.63) is 48.0 Å². The van der Waals surface area contributed by atoms with Crippen molar-refractivity contribution in [1.29, 1.82) is 0 Å². The van der Waals surface area contributed by atoms with Crippen molar-refractivity contribution in [2.75, 3.05) is 0 Å². The molecule has 0 saturated carbocycles. The molecule has 0 saturated heterocycles. The molecule has 6 N–H and O–H groups in total. The number of rotatable bonds is 11. The lowest BCUT2D eigenvalue weighted by Gasteiger charge is -2.28. The number of hydrogen-bond donors (Lipinski definition) is 6. The molecule has 2 rings (SSSR count). The molecule has 0 aliphatic carbocycles. The number of aryl methyl sites for hydroxylation is 1. The van der Waals surface area contributed by atoms with Gasteiger partial charge < -0.3 is 20.3 Å². The summed E-state index contributed by atoms with van der Waals surface area (Å²) in [6.45, 7) is 2.98. The van der Waals surface area contributed by atoms with Gasteiger partial charge in [-0.25, -0.2) is 13.4 Å². The SMILES string of the molecule is Cc1ccc(S(=O)(=O)N[C@H](C(=O)O)[C@@H](C)N[C@@H](C(=O)O)C(C(=O)O)c2c[nH]cn2)cc1. The van der Waals surface area contributed by atoms with Gasteiger partial charge in [0.1, 0.15) is 18.0 Å². The van der Waals surface area contributed by atoms with Gasteiger partial charge in [-0.1, -0.05) is 17.7 Å². The van der Waals surface area contributed by atoms with Crippen molar-refractivity contribution in [3.8, 4) is 0 Å². The summed E-state index contributed by atoms with van der Waals surface area (Å²) in [6, 6.07) is 0.782. The molecule has 13 heteroatoms. The Morgan fingerprint density at radius 2 is 1.58 bits per heavy atom. The van der Waals surface area contributed by atoms with E-state index >= 15 is 0 Å². The van der Waals surface area contributed by atoms with E-state index in [1.165, 1.54) is 43.7 Å². The average Bonchev–Trinajstić information content (AvgIpc) is 3.19. The second-order valence-corrected chi connectivity index (χ2v) is 8.55. The summed E-state index contributed by atoms with van der Waals surface area (Å²) in [7, 11) is -4.25. The third-order valence-corrected chi connectivity index (χ3v) is 5.98. The van der Waals surface area contributed by atoms with Crippen LogP contribution in [0.15, 0.2) is 41.7 Å². The minimum atomic E-state index is -4.25. The highest BCUT2D eigenvalue weighted by molar-refractivity contribution is 7.89. The van der Waals surface area contributed by atoms with E-state index < -0.39 is 52.0 Å². The van der Waals surface area contributed by atoms with E-state index in [9.17, 15) is 38.1 Å². The summed E-state index contributed by atoms with van der Waals surface area (Å²) in [6.07, 6.45) is 2.37. The lowest BCUT2D eigenvalue weighted by Crippen LogP contribution is -2.58. The van der Waals surface area contributed by atoms with Crippen LogP contribution in [0.2, 0.25) is 0 Å². The quantitative estimate of drug-likeness (QED) is 0.263. The first-order valence-corrected chi connectivity index (χ1v) is 10.4. The van der Waals surface area contributed by atoms with Crippen LogP contribution in [0.1, 0.15) is 24.1 Å². The Kier molecular flexibility index (Phi) is 7.49. The number of aromatic nitrogens is 2. The smallest absolute Gasteiger partial charge is 0.323 e. The van der Waals surface area contributed by atoms with E-state index in [0.717, 1.165) is 5.56 Å². The van der Waals surface area contributed by atoms with Crippen LogP contribution >= 0.6 is 0 Å². The Morgan fingerprint density at radius 1 is 1.00 bits per heavy atom. The van der Waals surface area contributed by atoms with E-state index in [0.29, 0.717) is 0 Å². The summed E-state index contributed by atoms with van der Waals surface area (Å²) in [4.78, 5) is 41.3. The van der Waals surface area contributed by atoms with E-state index in [1.54, 1.807) is 6.92 Å². The number of imidazole rings is 1. The molecule has 1 unspecified atom stereocenters. The molecule has 4 atom stereocenters. The van der Waals surface area contributed by atoms with Crippen LogP contribution in [-0.2, 0) is 24.4 Å². The van der Waals surface area contributed by atoms with Crippen LogP contribution in [0.5, 0.6) is 0 Å². The molecule has 2 aromatic rings. The Labute approximate surface area is 177 Å². The first kappa shape index (κ1) is 24.0. The number of nitrogens with one attached hydrogen (secondary N) is 3. The number of aromatic amines is 1. The minimum Gasteiger partial charge on any atom is -0.481 e. The van der Waals surface area contributed by atoms with Gasteiger partial charge in [-0.2, -0.15) is 4.72 Å². The number of carboxylic acid groups (broad SMARTS) is 3. The molecule has 31 heavy (non-hydrogen) atoms. The predicted molar refractivity (Wildman–Crippen MR) is 106 cm³/mol. The van der Waals surface area contributed by atoms with Gasteiger partial charge in [-0.3, -0.25) is 19.7 Å². The Morgan fingerprint density at radius 3 is 2.03 bits per heavy atom. The maximum atomic E-state index is 12.6. The Hall–Kier alpha value is -3.29. The number of carbonyl (C=O) groups is 3. The van der Waals surface area contributed by atoms with Crippen molar-refractivity contribution >= 4 is 27.9 Å². The fraction of sp³-hybridized carbons (Fsp3) is 0.333. The summed E-state index contributed by atoms with van der Waals surface area (Å²) < 4.78 is 27.2. The molecule has 1 aromatic carbocycles. The monoisotopic (exact) mass is 454 g/mol. The van der Waals surface area contributed by atoms with Gasteiger partial charge in [0.15, 0.2) is 0 Å². The molecular formula is C18H22N4O8S. The zero-order chi connectivity index (χ0) is 23.3. The van der Waals surface area contributed by atoms with E-state index in [4.69, 9.17) is 0 Å². The third kappa shape index (κ3) is 5.87. The largest absolute Gasteiger partial charge is 0.481 e. The van der Waals surface area contributed by atoms with Crippen LogP contribution in [0.4, 0.5) is 0 Å². The van der Waals surface area contributed by atoms with Crippen molar-refractivity contribution < 1.29 is 38.1 Å². The van der Waals surface area contributed by atoms with Gasteiger partial charge >= 0.3 is 17.9 Å². The zero-order valence-corrected chi connectivity index (χ0v) is 17.3. The first-order valence-electron chi connectivity index (χ1n) is 8.96. The van der Waals surface area contributed by atoms with Gasteiger partial charge in [0.2, 0.25) is 10.0 Å². The van der Waals surface area contributed by atoms with Gasteiger partial charge in [0, 0.05) is 12.2 Å². The summed E-state index contributed by atoms with van der Waals surface area (Å²) >= 11 is 0. The van der Waals surface area contributed by atoms with E-state index in [2.05, 4.69) is 15.3 Å².